The Morgan fingerprint density at radius 1 is 1.18 bits per heavy atom. The first-order chi connectivity index (χ1) is 15.8. The van der Waals surface area contributed by atoms with Crippen LogP contribution in [0.3, 0.4) is 0 Å². The van der Waals surface area contributed by atoms with E-state index in [-0.39, 0.29) is 24.1 Å². The number of nitrogens with zero attached hydrogens (tertiary/aromatic N) is 1. The maximum Gasteiger partial charge on any atom is 0.534 e. The second-order valence-electron chi connectivity index (χ2n) is 7.21. The molecule has 0 spiro atoms. The van der Waals surface area contributed by atoms with Crippen LogP contribution >= 0.6 is 23.2 Å². The maximum atomic E-state index is 12.9. The van der Waals surface area contributed by atoms with Gasteiger partial charge in [0, 0.05) is 29.1 Å². The van der Waals surface area contributed by atoms with Gasteiger partial charge in [0.05, 0.1) is 5.69 Å². The van der Waals surface area contributed by atoms with E-state index in [0.717, 1.165) is 11.0 Å². The predicted molar refractivity (Wildman–Crippen MR) is 121 cm³/mol. The summed E-state index contributed by atoms with van der Waals surface area (Å²) in [6.45, 7) is 0. The number of anilines is 1. The van der Waals surface area contributed by atoms with E-state index < -0.39 is 39.2 Å². The number of carbonyl (C=O) groups is 2. The summed E-state index contributed by atoms with van der Waals surface area (Å²) in [7, 11) is -4.70. The number of halogens is 5. The van der Waals surface area contributed by atoms with E-state index in [1.165, 1.54) is 37.4 Å². The SMILES string of the molecule is CN1C(=O)C(NC(=O)CCc2ccc(Cl)cc2Cl)C=C(OS(=O)(=O)C(F)(F)F)c2ccccc21. The highest BCUT2D eigenvalue weighted by Gasteiger charge is 2.49. The molecule has 0 bridgehead atoms. The molecule has 1 N–H and O–H groups in total. The highest BCUT2D eigenvalue weighted by Crippen LogP contribution is 2.35. The van der Waals surface area contributed by atoms with Crippen molar-refractivity contribution in [2.75, 3.05) is 11.9 Å². The zero-order valence-electron chi connectivity index (χ0n) is 17.4. The second-order valence-corrected chi connectivity index (χ2v) is 9.59. The third kappa shape index (κ3) is 5.65. The number of benzene rings is 2. The first-order valence-electron chi connectivity index (χ1n) is 9.63. The van der Waals surface area contributed by atoms with Crippen molar-refractivity contribution in [2.24, 2.45) is 0 Å². The molecule has 7 nitrogen and oxygen atoms in total. The van der Waals surface area contributed by atoms with Crippen LogP contribution in [0.25, 0.3) is 5.76 Å². The summed E-state index contributed by atoms with van der Waals surface area (Å²) < 4.78 is 66.5. The van der Waals surface area contributed by atoms with E-state index >= 15 is 0 Å². The summed E-state index contributed by atoms with van der Waals surface area (Å²) in [5.74, 6) is -2.08. The maximum absolute atomic E-state index is 12.9. The smallest absolute Gasteiger partial charge is 0.376 e. The third-order valence-electron chi connectivity index (χ3n) is 4.88. The Bertz CT molecular complexity index is 1270. The molecule has 0 saturated carbocycles. The number of hydrogen-bond acceptors (Lipinski definition) is 5. The molecule has 182 valence electrons. The van der Waals surface area contributed by atoms with Crippen molar-refractivity contribution < 1.29 is 35.4 Å². The number of aryl methyl sites for hydroxylation is 1. The summed E-state index contributed by atoms with van der Waals surface area (Å²) >= 11 is 11.9. The Kier molecular flexibility index (Phi) is 7.49. The molecule has 2 aromatic carbocycles. The van der Waals surface area contributed by atoms with E-state index in [0.29, 0.717) is 15.6 Å². The van der Waals surface area contributed by atoms with Crippen molar-refractivity contribution >= 4 is 56.6 Å². The molecule has 2 aromatic rings. The van der Waals surface area contributed by atoms with E-state index in [2.05, 4.69) is 9.50 Å². The van der Waals surface area contributed by atoms with Crippen LogP contribution in [0.2, 0.25) is 10.0 Å². The average Bonchev–Trinajstić information content (AvgIpc) is 2.83. The molecular formula is C21H17Cl2F3N2O5S. The third-order valence-corrected chi connectivity index (χ3v) is 6.43. The van der Waals surface area contributed by atoms with Crippen molar-refractivity contribution in [2.45, 2.75) is 24.4 Å². The number of likely N-dealkylation sites (N-methyl/N-ethyl adjacent to an activating group) is 1. The largest absolute Gasteiger partial charge is 0.534 e. The molecule has 1 atom stereocenters. The lowest BCUT2D eigenvalue weighted by atomic mass is 10.1. The molecule has 3 rings (SSSR count). The predicted octanol–water partition coefficient (Wildman–Crippen LogP) is 4.29. The van der Waals surface area contributed by atoms with Gasteiger partial charge in [0.25, 0.3) is 5.91 Å². The first kappa shape index (κ1) is 25.9. The van der Waals surface area contributed by atoms with Crippen LogP contribution in [0.15, 0.2) is 48.5 Å². The van der Waals surface area contributed by atoms with Gasteiger partial charge in [0.2, 0.25) is 5.91 Å². The van der Waals surface area contributed by atoms with Crippen molar-refractivity contribution in [3.8, 4) is 0 Å². The molecular weight excluding hydrogens is 520 g/mol. The standard InChI is InChI=1S/C21H17Cl2F3N2O5S/c1-28-17-5-3-2-4-14(17)18(33-34(31,32)21(24,25)26)11-16(20(28)30)27-19(29)9-7-12-6-8-13(22)10-15(12)23/h2-6,8,10-11,16H,7,9H2,1H3,(H,27,29). The van der Waals surface area contributed by atoms with Crippen molar-refractivity contribution in [1.82, 2.24) is 5.32 Å². The fraction of sp³-hybridized carbons (Fsp3) is 0.238. The Labute approximate surface area is 203 Å². The number of hydrogen-bond donors (Lipinski definition) is 1. The lowest BCUT2D eigenvalue weighted by Crippen LogP contribution is -2.46. The van der Waals surface area contributed by atoms with Gasteiger partial charge in [0.15, 0.2) is 5.76 Å². The molecule has 0 saturated heterocycles. The van der Waals surface area contributed by atoms with Crippen LogP contribution in [0.1, 0.15) is 17.5 Å². The number of amides is 2. The quantitative estimate of drug-likeness (QED) is 0.439. The van der Waals surface area contributed by atoms with Crippen LogP contribution in [0, 0.1) is 0 Å². The molecule has 0 fully saturated rings. The highest BCUT2D eigenvalue weighted by atomic mass is 35.5. The van der Waals surface area contributed by atoms with E-state index in [9.17, 15) is 31.2 Å². The van der Waals surface area contributed by atoms with Crippen LogP contribution in [-0.2, 0) is 30.3 Å². The zero-order chi connectivity index (χ0) is 25.3. The molecule has 13 heteroatoms. The lowest BCUT2D eigenvalue weighted by Gasteiger charge is -2.21. The molecule has 1 aliphatic rings. The Morgan fingerprint density at radius 2 is 1.85 bits per heavy atom. The van der Waals surface area contributed by atoms with Gasteiger partial charge in [-0.05, 0) is 42.3 Å². The minimum Gasteiger partial charge on any atom is -0.376 e. The zero-order valence-corrected chi connectivity index (χ0v) is 19.7. The minimum atomic E-state index is -6.03. The van der Waals surface area contributed by atoms with Gasteiger partial charge in [-0.1, -0.05) is 41.4 Å². The van der Waals surface area contributed by atoms with Gasteiger partial charge in [-0.2, -0.15) is 21.6 Å². The first-order valence-corrected chi connectivity index (χ1v) is 11.8. The molecule has 2 amide bonds. The summed E-state index contributed by atoms with van der Waals surface area (Å²) in [5.41, 5.74) is -5.05. The Morgan fingerprint density at radius 3 is 2.50 bits per heavy atom. The monoisotopic (exact) mass is 536 g/mol. The molecule has 1 aliphatic heterocycles. The minimum absolute atomic E-state index is 0.0733. The van der Waals surface area contributed by atoms with Gasteiger partial charge in [-0.25, -0.2) is 0 Å². The van der Waals surface area contributed by atoms with E-state index in [1.807, 2.05) is 0 Å². The fourth-order valence-corrected chi connectivity index (χ4v) is 4.15. The Hall–Kier alpha value is -2.76. The highest BCUT2D eigenvalue weighted by molar-refractivity contribution is 7.87. The number of para-hydroxylation sites is 1. The van der Waals surface area contributed by atoms with Crippen LogP contribution < -0.4 is 10.2 Å². The Balaban J connectivity index is 1.88. The number of carbonyl (C=O) groups excluding carboxylic acids is 2. The average molecular weight is 537 g/mol. The van der Waals surface area contributed by atoms with Gasteiger partial charge >= 0.3 is 15.6 Å². The van der Waals surface area contributed by atoms with E-state index in [1.54, 1.807) is 12.1 Å². The fourth-order valence-electron chi connectivity index (χ4n) is 3.17. The van der Waals surface area contributed by atoms with Crippen LogP contribution in [0.5, 0.6) is 0 Å². The molecule has 1 unspecified atom stereocenters. The topological polar surface area (TPSA) is 92.8 Å². The lowest BCUT2D eigenvalue weighted by molar-refractivity contribution is -0.126. The van der Waals surface area contributed by atoms with Crippen molar-refractivity contribution in [3.05, 3.63) is 69.7 Å². The van der Waals surface area contributed by atoms with Crippen molar-refractivity contribution in [1.29, 1.82) is 0 Å². The molecule has 1 heterocycles. The number of alkyl halides is 3. The summed E-state index contributed by atoms with van der Waals surface area (Å²) in [4.78, 5) is 26.5. The van der Waals surface area contributed by atoms with Gasteiger partial charge in [-0.3, -0.25) is 9.59 Å². The van der Waals surface area contributed by atoms with Crippen molar-refractivity contribution in [3.63, 3.8) is 0 Å². The van der Waals surface area contributed by atoms with Gasteiger partial charge in [0.1, 0.15) is 6.04 Å². The van der Waals surface area contributed by atoms with Gasteiger partial charge in [-0.15, -0.1) is 0 Å². The normalized spacial score (nSPS) is 16.4. The molecule has 0 aliphatic carbocycles. The summed E-state index contributed by atoms with van der Waals surface area (Å²) in [5, 5.41) is 3.15. The molecule has 0 aromatic heterocycles. The number of fused-ring (bicyclic) bond motifs is 1. The summed E-state index contributed by atoms with van der Waals surface area (Å²) in [6, 6.07) is 8.87. The van der Waals surface area contributed by atoms with Crippen LogP contribution in [-0.4, -0.2) is 38.8 Å². The molecule has 0 radical (unpaired) electrons. The van der Waals surface area contributed by atoms with E-state index in [4.69, 9.17) is 23.2 Å². The number of rotatable bonds is 6. The van der Waals surface area contributed by atoms with Gasteiger partial charge < -0.3 is 14.4 Å². The van der Waals surface area contributed by atoms with Crippen LogP contribution in [0.4, 0.5) is 18.9 Å². The second kappa shape index (κ2) is 9.85. The summed E-state index contributed by atoms with van der Waals surface area (Å²) in [6.07, 6.45) is 0.905. The molecule has 34 heavy (non-hydrogen) atoms. The number of nitrogens with one attached hydrogen (secondary N) is 1.